The van der Waals surface area contributed by atoms with Crippen molar-refractivity contribution >= 4 is 28.1 Å². The number of hydrogen-bond donors (Lipinski definition) is 1. The molecule has 2 rings (SSSR count). The molecule has 0 amide bonds. The predicted molar refractivity (Wildman–Crippen MR) is 79.0 cm³/mol. The van der Waals surface area contributed by atoms with Crippen LogP contribution in [0.2, 0.25) is 5.02 Å². The monoisotopic (exact) mass is 295 g/mol. The Labute approximate surface area is 119 Å². The fourth-order valence-electron chi connectivity index (χ4n) is 1.73. The van der Waals surface area contributed by atoms with Gasteiger partial charge in [0.25, 0.3) is 0 Å². The van der Waals surface area contributed by atoms with Crippen LogP contribution in [0.15, 0.2) is 47.4 Å². The molecule has 0 heterocycles. The second kappa shape index (κ2) is 6.08. The van der Waals surface area contributed by atoms with Crippen LogP contribution in [0.5, 0.6) is 5.75 Å². The molecule has 0 radical (unpaired) electrons. The van der Waals surface area contributed by atoms with Gasteiger partial charge < -0.3 is 10.5 Å². The van der Waals surface area contributed by atoms with Gasteiger partial charge in [-0.3, -0.25) is 4.21 Å². The first-order valence-electron chi connectivity index (χ1n) is 5.67. The third-order valence-electron chi connectivity index (χ3n) is 2.68. The van der Waals surface area contributed by atoms with Crippen molar-refractivity contribution in [2.75, 3.05) is 12.8 Å². The van der Waals surface area contributed by atoms with Crippen molar-refractivity contribution in [2.24, 2.45) is 0 Å². The Morgan fingerprint density at radius 1 is 1.26 bits per heavy atom. The van der Waals surface area contributed by atoms with Gasteiger partial charge in [0.2, 0.25) is 0 Å². The van der Waals surface area contributed by atoms with Crippen molar-refractivity contribution in [1.82, 2.24) is 0 Å². The molecule has 3 nitrogen and oxygen atoms in total. The van der Waals surface area contributed by atoms with Crippen LogP contribution in [0.3, 0.4) is 0 Å². The highest BCUT2D eigenvalue weighted by molar-refractivity contribution is 7.84. The lowest BCUT2D eigenvalue weighted by Gasteiger charge is -2.10. The number of benzene rings is 2. The van der Waals surface area contributed by atoms with E-state index < -0.39 is 10.8 Å². The highest BCUT2D eigenvalue weighted by atomic mass is 35.5. The molecule has 2 N–H and O–H groups in total. The first kappa shape index (κ1) is 13.9. The third kappa shape index (κ3) is 3.28. The lowest BCUT2D eigenvalue weighted by atomic mass is 10.2. The summed E-state index contributed by atoms with van der Waals surface area (Å²) in [5.74, 6) is 0.980. The summed E-state index contributed by atoms with van der Waals surface area (Å²) in [5, 5.41) is 0.509. The van der Waals surface area contributed by atoms with Crippen molar-refractivity contribution in [1.29, 1.82) is 0 Å². The van der Waals surface area contributed by atoms with E-state index in [1.165, 1.54) is 0 Å². The second-order valence-corrected chi connectivity index (χ2v) is 5.82. The minimum atomic E-state index is -1.22. The average Bonchev–Trinajstić information content (AvgIpc) is 2.41. The summed E-state index contributed by atoms with van der Waals surface area (Å²) in [6.07, 6.45) is 0. The lowest BCUT2D eigenvalue weighted by Crippen LogP contribution is -2.00. The largest absolute Gasteiger partial charge is 0.496 e. The smallest absolute Gasteiger partial charge is 0.125 e. The average molecular weight is 296 g/mol. The van der Waals surface area contributed by atoms with Crippen LogP contribution < -0.4 is 10.5 Å². The van der Waals surface area contributed by atoms with Crippen LogP contribution in [0.25, 0.3) is 0 Å². The topological polar surface area (TPSA) is 52.3 Å². The predicted octanol–water partition coefficient (Wildman–Crippen LogP) is 3.24. The maximum Gasteiger partial charge on any atom is 0.125 e. The first-order valence-corrected chi connectivity index (χ1v) is 7.37. The van der Waals surface area contributed by atoms with Gasteiger partial charge in [-0.1, -0.05) is 29.8 Å². The number of halogens is 1. The first-order chi connectivity index (χ1) is 9.11. The summed E-state index contributed by atoms with van der Waals surface area (Å²) in [7, 11) is 0.349. The zero-order valence-corrected chi connectivity index (χ0v) is 12.0. The molecule has 0 aliphatic carbocycles. The molecule has 2 aromatic rings. The Hall–Kier alpha value is -1.52. The number of anilines is 1. The molecule has 0 fully saturated rings. The molecular weight excluding hydrogens is 282 g/mol. The minimum Gasteiger partial charge on any atom is -0.496 e. The number of rotatable bonds is 4. The Bertz CT molecular complexity index is 616. The van der Waals surface area contributed by atoms with E-state index >= 15 is 0 Å². The van der Waals surface area contributed by atoms with Crippen LogP contribution in [0, 0.1) is 0 Å². The molecular formula is C14H14ClNO2S. The Morgan fingerprint density at radius 2 is 2.00 bits per heavy atom. The normalized spacial score (nSPS) is 12.1. The number of ether oxygens (including phenoxy) is 1. The van der Waals surface area contributed by atoms with Gasteiger partial charge >= 0.3 is 0 Å². The standard InChI is InChI=1S/C14H14ClNO2S/c1-18-13-8-11(16)7-6-10(13)9-19(17)14-5-3-2-4-12(14)15/h2-8H,9,16H2,1H3. The van der Waals surface area contributed by atoms with Gasteiger partial charge in [0.05, 0.1) is 33.6 Å². The van der Waals surface area contributed by atoms with Crippen molar-refractivity contribution in [2.45, 2.75) is 10.6 Å². The third-order valence-corrected chi connectivity index (χ3v) is 4.54. The van der Waals surface area contributed by atoms with Gasteiger partial charge in [0.15, 0.2) is 0 Å². The van der Waals surface area contributed by atoms with Gasteiger partial charge in [-0.05, 0) is 18.2 Å². The molecule has 0 saturated carbocycles. The molecule has 0 aliphatic rings. The summed E-state index contributed by atoms with van der Waals surface area (Å²) in [6, 6.07) is 12.4. The van der Waals surface area contributed by atoms with E-state index in [1.807, 2.05) is 18.2 Å². The molecule has 100 valence electrons. The summed E-state index contributed by atoms with van der Waals surface area (Å²) < 4.78 is 17.6. The van der Waals surface area contributed by atoms with Crippen LogP contribution in [0.1, 0.15) is 5.56 Å². The van der Waals surface area contributed by atoms with Gasteiger partial charge in [-0.2, -0.15) is 0 Å². The van der Waals surface area contributed by atoms with Crippen LogP contribution in [0.4, 0.5) is 5.69 Å². The number of nitrogen functional groups attached to an aromatic ring is 1. The molecule has 0 saturated heterocycles. The highest BCUT2D eigenvalue weighted by Crippen LogP contribution is 2.26. The van der Waals surface area contributed by atoms with E-state index in [0.29, 0.717) is 27.1 Å². The number of methoxy groups -OCH3 is 1. The van der Waals surface area contributed by atoms with Crippen molar-refractivity contribution in [3.63, 3.8) is 0 Å². The number of nitrogens with two attached hydrogens (primary N) is 1. The SMILES string of the molecule is COc1cc(N)ccc1CS(=O)c1ccccc1Cl. The van der Waals surface area contributed by atoms with Crippen molar-refractivity contribution < 1.29 is 8.95 Å². The van der Waals surface area contributed by atoms with E-state index in [0.717, 1.165) is 5.56 Å². The zero-order valence-electron chi connectivity index (χ0n) is 10.4. The molecule has 2 aromatic carbocycles. The minimum absolute atomic E-state index is 0.340. The Kier molecular flexibility index (Phi) is 4.45. The van der Waals surface area contributed by atoms with Gasteiger partial charge in [0, 0.05) is 17.3 Å². The fraction of sp³-hybridized carbons (Fsp3) is 0.143. The van der Waals surface area contributed by atoms with Gasteiger partial charge in [-0.15, -0.1) is 0 Å². The number of hydrogen-bond acceptors (Lipinski definition) is 3. The molecule has 1 unspecified atom stereocenters. The summed E-state index contributed by atoms with van der Waals surface area (Å²) in [6.45, 7) is 0. The lowest BCUT2D eigenvalue weighted by molar-refractivity contribution is 0.411. The molecule has 0 bridgehead atoms. The Balaban J connectivity index is 2.27. The quantitative estimate of drug-likeness (QED) is 0.881. The second-order valence-electron chi connectivity index (χ2n) is 3.99. The highest BCUT2D eigenvalue weighted by Gasteiger charge is 2.12. The molecule has 1 atom stereocenters. The Morgan fingerprint density at radius 3 is 2.68 bits per heavy atom. The molecule has 0 aromatic heterocycles. The van der Waals surface area contributed by atoms with Crippen molar-refractivity contribution in [3.8, 4) is 5.75 Å². The van der Waals surface area contributed by atoms with E-state index in [1.54, 1.807) is 31.4 Å². The maximum absolute atomic E-state index is 12.3. The van der Waals surface area contributed by atoms with E-state index in [9.17, 15) is 4.21 Å². The van der Waals surface area contributed by atoms with E-state index in [-0.39, 0.29) is 0 Å². The summed E-state index contributed by atoms with van der Waals surface area (Å²) in [4.78, 5) is 0.628. The fourth-order valence-corrected chi connectivity index (χ4v) is 3.31. The van der Waals surface area contributed by atoms with Crippen molar-refractivity contribution in [3.05, 3.63) is 53.1 Å². The zero-order chi connectivity index (χ0) is 13.8. The maximum atomic E-state index is 12.3. The van der Waals surface area contributed by atoms with E-state index in [2.05, 4.69) is 0 Å². The summed E-state index contributed by atoms with van der Waals surface area (Å²) in [5.41, 5.74) is 7.15. The van der Waals surface area contributed by atoms with E-state index in [4.69, 9.17) is 22.1 Å². The molecule has 19 heavy (non-hydrogen) atoms. The van der Waals surface area contributed by atoms with Gasteiger partial charge in [0.1, 0.15) is 5.75 Å². The van der Waals surface area contributed by atoms with Crippen LogP contribution in [-0.2, 0) is 16.6 Å². The molecule has 0 aliphatic heterocycles. The molecule has 0 spiro atoms. The van der Waals surface area contributed by atoms with Crippen LogP contribution in [-0.4, -0.2) is 11.3 Å². The summed E-state index contributed by atoms with van der Waals surface area (Å²) >= 11 is 6.04. The molecule has 5 heteroatoms. The van der Waals surface area contributed by atoms with Gasteiger partial charge in [-0.25, -0.2) is 0 Å². The van der Waals surface area contributed by atoms with Crippen LogP contribution >= 0.6 is 11.6 Å².